The molecule has 21 heavy (non-hydrogen) atoms. The molecule has 1 aromatic heterocycles. The number of halogens is 1. The monoisotopic (exact) mass is 297 g/mol. The summed E-state index contributed by atoms with van der Waals surface area (Å²) in [5.41, 5.74) is 2.65. The largest absolute Gasteiger partial charge is 0.463 e. The Bertz CT molecular complexity index is 879. The Kier molecular flexibility index (Phi) is 3.59. The van der Waals surface area contributed by atoms with Crippen LogP contribution in [0.25, 0.3) is 11.0 Å². The minimum atomic E-state index is -0.0855. The molecule has 4 heteroatoms. The van der Waals surface area contributed by atoms with Crippen molar-refractivity contribution in [2.75, 3.05) is 0 Å². The first-order chi connectivity index (χ1) is 10.1. The SMILES string of the molecule is Cc1ccc2occ(C=Nc3ccc(Cl)cc3)c(=O)c2c1. The summed E-state index contributed by atoms with van der Waals surface area (Å²) in [4.78, 5) is 16.6. The van der Waals surface area contributed by atoms with E-state index in [1.165, 1.54) is 12.5 Å². The zero-order valence-electron chi connectivity index (χ0n) is 11.3. The Morgan fingerprint density at radius 2 is 1.90 bits per heavy atom. The molecule has 0 atom stereocenters. The highest BCUT2D eigenvalue weighted by Gasteiger charge is 2.05. The fourth-order valence-corrected chi connectivity index (χ4v) is 2.15. The number of benzene rings is 2. The molecule has 3 aromatic rings. The van der Waals surface area contributed by atoms with Crippen LogP contribution < -0.4 is 5.43 Å². The van der Waals surface area contributed by atoms with E-state index < -0.39 is 0 Å². The maximum atomic E-state index is 12.4. The molecule has 0 unspecified atom stereocenters. The van der Waals surface area contributed by atoms with E-state index in [2.05, 4.69) is 4.99 Å². The lowest BCUT2D eigenvalue weighted by atomic mass is 10.1. The summed E-state index contributed by atoms with van der Waals surface area (Å²) in [6, 6.07) is 12.6. The molecular formula is C17H12ClNO2. The highest BCUT2D eigenvalue weighted by molar-refractivity contribution is 6.30. The molecule has 0 fully saturated rings. The van der Waals surface area contributed by atoms with Crippen molar-refractivity contribution in [2.45, 2.75) is 6.92 Å². The van der Waals surface area contributed by atoms with Crippen molar-refractivity contribution < 1.29 is 4.42 Å². The molecular weight excluding hydrogens is 286 g/mol. The molecule has 0 spiro atoms. The van der Waals surface area contributed by atoms with E-state index in [-0.39, 0.29) is 5.43 Å². The van der Waals surface area contributed by atoms with Gasteiger partial charge in [-0.2, -0.15) is 0 Å². The smallest absolute Gasteiger partial charge is 0.201 e. The van der Waals surface area contributed by atoms with Crippen LogP contribution in [0.15, 0.2) is 62.9 Å². The van der Waals surface area contributed by atoms with Crippen molar-refractivity contribution in [1.29, 1.82) is 0 Å². The van der Waals surface area contributed by atoms with Crippen molar-refractivity contribution in [3.05, 3.63) is 75.1 Å². The van der Waals surface area contributed by atoms with E-state index in [4.69, 9.17) is 16.0 Å². The second-order valence-electron chi connectivity index (χ2n) is 4.75. The fourth-order valence-electron chi connectivity index (χ4n) is 2.02. The van der Waals surface area contributed by atoms with Gasteiger partial charge in [0.15, 0.2) is 0 Å². The lowest BCUT2D eigenvalue weighted by Gasteiger charge is -1.99. The van der Waals surface area contributed by atoms with Gasteiger partial charge in [-0.15, -0.1) is 0 Å². The lowest BCUT2D eigenvalue weighted by Crippen LogP contribution is -2.07. The quantitative estimate of drug-likeness (QED) is 0.653. The van der Waals surface area contributed by atoms with Crippen LogP contribution in [0.4, 0.5) is 5.69 Å². The topological polar surface area (TPSA) is 42.6 Å². The molecule has 0 aliphatic carbocycles. The van der Waals surface area contributed by atoms with Crippen molar-refractivity contribution in [3.8, 4) is 0 Å². The van der Waals surface area contributed by atoms with Gasteiger partial charge in [0, 0.05) is 11.2 Å². The number of aliphatic imine (C=N–C) groups is 1. The fraction of sp³-hybridized carbons (Fsp3) is 0.0588. The standard InChI is InChI=1S/C17H12ClNO2/c1-11-2-7-16-15(8-11)17(20)12(10-21-16)9-19-14-5-3-13(18)4-6-14/h2-10H,1H3. The third-order valence-electron chi connectivity index (χ3n) is 3.13. The highest BCUT2D eigenvalue weighted by Crippen LogP contribution is 2.16. The van der Waals surface area contributed by atoms with E-state index in [0.29, 0.717) is 21.6 Å². The van der Waals surface area contributed by atoms with Gasteiger partial charge in [-0.3, -0.25) is 9.79 Å². The minimum absolute atomic E-state index is 0.0855. The van der Waals surface area contributed by atoms with E-state index >= 15 is 0 Å². The van der Waals surface area contributed by atoms with E-state index in [1.54, 1.807) is 30.3 Å². The minimum Gasteiger partial charge on any atom is -0.463 e. The first kappa shape index (κ1) is 13.6. The first-order valence-electron chi connectivity index (χ1n) is 6.45. The Morgan fingerprint density at radius 3 is 2.67 bits per heavy atom. The van der Waals surface area contributed by atoms with Gasteiger partial charge < -0.3 is 4.42 Å². The molecule has 2 aromatic carbocycles. The van der Waals surface area contributed by atoms with Gasteiger partial charge in [-0.1, -0.05) is 23.2 Å². The summed E-state index contributed by atoms with van der Waals surface area (Å²) in [7, 11) is 0. The van der Waals surface area contributed by atoms with Crippen molar-refractivity contribution in [2.24, 2.45) is 4.99 Å². The van der Waals surface area contributed by atoms with Gasteiger partial charge in [0.25, 0.3) is 0 Å². The van der Waals surface area contributed by atoms with Crippen LogP contribution in [-0.4, -0.2) is 6.21 Å². The van der Waals surface area contributed by atoms with Crippen LogP contribution in [0.5, 0.6) is 0 Å². The molecule has 0 N–H and O–H groups in total. The molecule has 1 heterocycles. The second kappa shape index (κ2) is 5.54. The van der Waals surface area contributed by atoms with Crippen LogP contribution >= 0.6 is 11.6 Å². The zero-order valence-corrected chi connectivity index (χ0v) is 12.1. The summed E-state index contributed by atoms with van der Waals surface area (Å²) >= 11 is 5.82. The molecule has 3 nitrogen and oxygen atoms in total. The number of aryl methyl sites for hydroxylation is 1. The maximum absolute atomic E-state index is 12.4. The molecule has 104 valence electrons. The van der Waals surface area contributed by atoms with Gasteiger partial charge in [0.05, 0.1) is 16.6 Å². The molecule has 0 aliphatic rings. The van der Waals surface area contributed by atoms with Crippen LogP contribution in [-0.2, 0) is 0 Å². The normalized spacial score (nSPS) is 11.3. The third kappa shape index (κ3) is 2.88. The summed E-state index contributed by atoms with van der Waals surface area (Å²) < 4.78 is 5.47. The Labute approximate surface area is 126 Å². The van der Waals surface area contributed by atoms with E-state index in [0.717, 1.165) is 11.3 Å². The average molecular weight is 298 g/mol. The van der Waals surface area contributed by atoms with Crippen LogP contribution in [0, 0.1) is 6.92 Å². The van der Waals surface area contributed by atoms with Gasteiger partial charge in [-0.05, 0) is 43.3 Å². The Balaban J connectivity index is 2.03. The van der Waals surface area contributed by atoms with Gasteiger partial charge >= 0.3 is 0 Å². The van der Waals surface area contributed by atoms with Gasteiger partial charge in [0.2, 0.25) is 5.43 Å². The number of rotatable bonds is 2. The van der Waals surface area contributed by atoms with Crippen molar-refractivity contribution in [3.63, 3.8) is 0 Å². The number of fused-ring (bicyclic) bond motifs is 1. The third-order valence-corrected chi connectivity index (χ3v) is 3.39. The Morgan fingerprint density at radius 1 is 1.14 bits per heavy atom. The second-order valence-corrected chi connectivity index (χ2v) is 5.19. The van der Waals surface area contributed by atoms with Crippen molar-refractivity contribution >= 4 is 34.5 Å². The maximum Gasteiger partial charge on any atom is 0.201 e. The summed E-state index contributed by atoms with van der Waals surface area (Å²) in [6.45, 7) is 1.94. The highest BCUT2D eigenvalue weighted by atomic mass is 35.5. The molecule has 0 saturated heterocycles. The average Bonchev–Trinajstić information content (AvgIpc) is 2.49. The lowest BCUT2D eigenvalue weighted by molar-refractivity contribution is 0.601. The van der Waals surface area contributed by atoms with Gasteiger partial charge in [0.1, 0.15) is 11.8 Å². The van der Waals surface area contributed by atoms with Gasteiger partial charge in [-0.25, -0.2) is 0 Å². The number of hydrogen-bond donors (Lipinski definition) is 0. The summed E-state index contributed by atoms with van der Waals surface area (Å²) in [5, 5.41) is 1.21. The predicted octanol–water partition coefficient (Wildman–Crippen LogP) is 4.51. The van der Waals surface area contributed by atoms with E-state index in [1.807, 2.05) is 19.1 Å². The predicted molar refractivity (Wildman–Crippen MR) is 85.9 cm³/mol. The van der Waals surface area contributed by atoms with Crippen LogP contribution in [0.3, 0.4) is 0 Å². The van der Waals surface area contributed by atoms with Crippen molar-refractivity contribution in [1.82, 2.24) is 0 Å². The van der Waals surface area contributed by atoms with E-state index in [9.17, 15) is 4.79 Å². The summed E-state index contributed by atoms with van der Waals surface area (Å²) in [5.74, 6) is 0. The molecule has 0 aliphatic heterocycles. The first-order valence-corrected chi connectivity index (χ1v) is 6.83. The van der Waals surface area contributed by atoms with Crippen LogP contribution in [0.2, 0.25) is 5.02 Å². The molecule has 0 radical (unpaired) electrons. The number of nitrogens with zero attached hydrogens (tertiary/aromatic N) is 1. The number of hydrogen-bond acceptors (Lipinski definition) is 3. The van der Waals surface area contributed by atoms with Crippen LogP contribution in [0.1, 0.15) is 11.1 Å². The summed E-state index contributed by atoms with van der Waals surface area (Å²) in [6.07, 6.45) is 2.94. The molecule has 0 saturated carbocycles. The molecule has 0 bridgehead atoms. The molecule has 0 amide bonds. The zero-order chi connectivity index (χ0) is 14.8. The molecule has 3 rings (SSSR count). The Hall–Kier alpha value is -2.39.